The molecule has 110 valence electrons. The minimum absolute atomic E-state index is 0.00281. The zero-order chi connectivity index (χ0) is 14.8. The van der Waals surface area contributed by atoms with Gasteiger partial charge in [-0.25, -0.2) is 4.68 Å². The van der Waals surface area contributed by atoms with Gasteiger partial charge in [0, 0.05) is 11.7 Å². The van der Waals surface area contributed by atoms with Gasteiger partial charge in [-0.1, -0.05) is 12.5 Å². The molecule has 2 aromatic rings. The molecule has 1 amide bonds. The van der Waals surface area contributed by atoms with Gasteiger partial charge in [0.25, 0.3) is 0 Å². The first-order chi connectivity index (χ1) is 10.1. The minimum Gasteiger partial charge on any atom is -0.327 e. The van der Waals surface area contributed by atoms with Crippen molar-refractivity contribution in [3.63, 3.8) is 0 Å². The third-order valence-electron chi connectivity index (χ3n) is 4.00. The Kier molecular flexibility index (Phi) is 3.66. The summed E-state index contributed by atoms with van der Waals surface area (Å²) < 4.78 is 1.55. The quantitative estimate of drug-likeness (QED) is 0.878. The van der Waals surface area contributed by atoms with Gasteiger partial charge >= 0.3 is 0 Å². The number of carbonyl (C=O) groups excluding carboxylic acids is 1. The normalized spacial score (nSPS) is 21.4. The van der Waals surface area contributed by atoms with Crippen LogP contribution in [0.2, 0.25) is 0 Å². The summed E-state index contributed by atoms with van der Waals surface area (Å²) in [4.78, 5) is 12.3. The average Bonchev–Trinajstić information content (AvgIpc) is 3.12. The molecule has 1 saturated carbocycles. The number of tetrazole rings is 1. The summed E-state index contributed by atoms with van der Waals surface area (Å²) in [6.07, 6.45) is 4.31. The summed E-state index contributed by atoms with van der Waals surface area (Å²) in [5, 5.41) is 14.1. The van der Waals surface area contributed by atoms with E-state index in [4.69, 9.17) is 5.73 Å². The lowest BCUT2D eigenvalue weighted by atomic mass is 10.0. The summed E-state index contributed by atoms with van der Waals surface area (Å²) in [6.45, 7) is 1.95. The van der Waals surface area contributed by atoms with Crippen molar-refractivity contribution in [1.82, 2.24) is 20.2 Å². The number of nitrogens with two attached hydrogens (primary N) is 1. The Hall–Kier alpha value is -2.28. The number of hydrogen-bond acceptors (Lipinski definition) is 5. The second-order valence-electron chi connectivity index (χ2n) is 5.44. The zero-order valence-electron chi connectivity index (χ0n) is 11.9. The van der Waals surface area contributed by atoms with Crippen molar-refractivity contribution in [1.29, 1.82) is 0 Å². The molecule has 1 fully saturated rings. The number of aryl methyl sites for hydroxylation is 1. The van der Waals surface area contributed by atoms with Gasteiger partial charge in [0.15, 0.2) is 0 Å². The molecule has 21 heavy (non-hydrogen) atoms. The lowest BCUT2D eigenvalue weighted by Crippen LogP contribution is -2.34. The van der Waals surface area contributed by atoms with E-state index in [2.05, 4.69) is 20.8 Å². The summed E-state index contributed by atoms with van der Waals surface area (Å²) >= 11 is 0. The molecule has 2 atom stereocenters. The molecule has 7 nitrogen and oxygen atoms in total. The van der Waals surface area contributed by atoms with Crippen LogP contribution in [0.5, 0.6) is 0 Å². The van der Waals surface area contributed by atoms with E-state index in [0.29, 0.717) is 0 Å². The molecular formula is C14H18N6O. The highest BCUT2D eigenvalue weighted by molar-refractivity contribution is 5.94. The van der Waals surface area contributed by atoms with Gasteiger partial charge in [-0.2, -0.15) is 0 Å². The first-order valence-corrected chi connectivity index (χ1v) is 7.05. The van der Waals surface area contributed by atoms with Crippen LogP contribution in [-0.2, 0) is 4.79 Å². The smallest absolute Gasteiger partial charge is 0.229 e. The van der Waals surface area contributed by atoms with Crippen LogP contribution in [-0.4, -0.2) is 32.2 Å². The Balaban J connectivity index is 1.81. The zero-order valence-corrected chi connectivity index (χ0v) is 11.9. The van der Waals surface area contributed by atoms with E-state index in [1.807, 2.05) is 25.1 Å². The maximum absolute atomic E-state index is 12.3. The van der Waals surface area contributed by atoms with Crippen molar-refractivity contribution < 1.29 is 4.79 Å². The van der Waals surface area contributed by atoms with Crippen molar-refractivity contribution in [3.05, 3.63) is 30.1 Å². The van der Waals surface area contributed by atoms with E-state index < -0.39 is 0 Å². The SMILES string of the molecule is Cc1ccc(-n2cnnn2)cc1NC(=O)C1CCCC1N. The third-order valence-corrected chi connectivity index (χ3v) is 4.00. The largest absolute Gasteiger partial charge is 0.327 e. The third kappa shape index (κ3) is 2.78. The molecule has 1 aliphatic carbocycles. The number of rotatable bonds is 3. The lowest BCUT2D eigenvalue weighted by molar-refractivity contribution is -0.120. The van der Waals surface area contributed by atoms with Gasteiger partial charge < -0.3 is 11.1 Å². The summed E-state index contributed by atoms with van der Waals surface area (Å²) in [6, 6.07) is 5.67. The van der Waals surface area contributed by atoms with Crippen LogP contribution in [0.4, 0.5) is 5.69 Å². The molecule has 3 rings (SSSR count). The Morgan fingerprint density at radius 1 is 1.43 bits per heavy atom. The fourth-order valence-corrected chi connectivity index (χ4v) is 2.71. The van der Waals surface area contributed by atoms with Gasteiger partial charge in [0.2, 0.25) is 5.91 Å². The fraction of sp³-hybridized carbons (Fsp3) is 0.429. The van der Waals surface area contributed by atoms with E-state index in [1.165, 1.54) is 6.33 Å². The Labute approximate surface area is 122 Å². The molecule has 7 heteroatoms. The summed E-state index contributed by atoms with van der Waals surface area (Å²) in [7, 11) is 0. The highest BCUT2D eigenvalue weighted by Gasteiger charge is 2.30. The minimum atomic E-state index is -0.0962. The molecule has 0 aliphatic heterocycles. The van der Waals surface area contributed by atoms with Crippen LogP contribution in [0.15, 0.2) is 24.5 Å². The van der Waals surface area contributed by atoms with Gasteiger partial charge in [-0.15, -0.1) is 5.10 Å². The Morgan fingerprint density at radius 3 is 2.95 bits per heavy atom. The summed E-state index contributed by atoms with van der Waals surface area (Å²) in [5.41, 5.74) is 8.55. The molecule has 3 N–H and O–H groups in total. The van der Waals surface area contributed by atoms with Crippen molar-refractivity contribution in [2.75, 3.05) is 5.32 Å². The Bertz CT molecular complexity index is 639. The van der Waals surface area contributed by atoms with E-state index in [9.17, 15) is 4.79 Å². The number of anilines is 1. The molecule has 1 aromatic carbocycles. The van der Waals surface area contributed by atoms with Crippen LogP contribution in [0.25, 0.3) is 5.69 Å². The first kappa shape index (κ1) is 13.7. The number of aromatic nitrogens is 4. The van der Waals surface area contributed by atoms with Crippen molar-refractivity contribution in [3.8, 4) is 5.69 Å². The predicted molar refractivity (Wildman–Crippen MR) is 77.8 cm³/mol. The lowest BCUT2D eigenvalue weighted by Gasteiger charge is -2.16. The van der Waals surface area contributed by atoms with Crippen LogP contribution in [0, 0.1) is 12.8 Å². The van der Waals surface area contributed by atoms with Gasteiger partial charge in [0.1, 0.15) is 6.33 Å². The first-order valence-electron chi connectivity index (χ1n) is 7.05. The van der Waals surface area contributed by atoms with E-state index in [-0.39, 0.29) is 17.9 Å². The van der Waals surface area contributed by atoms with Crippen molar-refractivity contribution in [2.24, 2.45) is 11.7 Å². The van der Waals surface area contributed by atoms with Gasteiger partial charge in [-0.3, -0.25) is 4.79 Å². The number of carbonyl (C=O) groups is 1. The van der Waals surface area contributed by atoms with E-state index in [1.54, 1.807) is 4.68 Å². The Morgan fingerprint density at radius 2 is 2.29 bits per heavy atom. The second kappa shape index (κ2) is 5.61. The van der Waals surface area contributed by atoms with Crippen LogP contribution in [0.1, 0.15) is 24.8 Å². The molecular weight excluding hydrogens is 268 g/mol. The van der Waals surface area contributed by atoms with E-state index >= 15 is 0 Å². The second-order valence-corrected chi connectivity index (χ2v) is 5.44. The molecule has 0 bridgehead atoms. The topological polar surface area (TPSA) is 98.7 Å². The highest BCUT2D eigenvalue weighted by Crippen LogP contribution is 2.26. The molecule has 0 spiro atoms. The number of benzene rings is 1. The van der Waals surface area contributed by atoms with Crippen LogP contribution in [0.3, 0.4) is 0 Å². The number of nitrogens with zero attached hydrogens (tertiary/aromatic N) is 4. The highest BCUT2D eigenvalue weighted by atomic mass is 16.1. The van der Waals surface area contributed by atoms with Gasteiger partial charge in [-0.05, 0) is 47.9 Å². The maximum Gasteiger partial charge on any atom is 0.229 e. The average molecular weight is 286 g/mol. The fourth-order valence-electron chi connectivity index (χ4n) is 2.71. The van der Waals surface area contributed by atoms with E-state index in [0.717, 1.165) is 36.2 Å². The molecule has 2 unspecified atom stereocenters. The number of nitrogens with one attached hydrogen (secondary N) is 1. The standard InChI is InChI=1S/C14H18N6O/c1-9-5-6-10(20-8-16-18-19-20)7-13(9)17-14(21)11-3-2-4-12(11)15/h5-8,11-12H,2-4,15H2,1H3,(H,17,21). The number of amides is 1. The molecule has 1 aliphatic rings. The molecule has 0 radical (unpaired) electrons. The van der Waals surface area contributed by atoms with Gasteiger partial charge in [0.05, 0.1) is 11.6 Å². The van der Waals surface area contributed by atoms with Crippen LogP contribution < -0.4 is 11.1 Å². The predicted octanol–water partition coefficient (Wildman–Crippen LogP) is 1.04. The van der Waals surface area contributed by atoms with Crippen molar-refractivity contribution in [2.45, 2.75) is 32.2 Å². The molecule has 1 aromatic heterocycles. The maximum atomic E-state index is 12.3. The monoisotopic (exact) mass is 286 g/mol. The van der Waals surface area contributed by atoms with Crippen molar-refractivity contribution >= 4 is 11.6 Å². The summed E-state index contributed by atoms with van der Waals surface area (Å²) in [5.74, 6) is -0.0990. The van der Waals surface area contributed by atoms with Crippen LogP contribution >= 0.6 is 0 Å². The molecule has 0 saturated heterocycles. The number of hydrogen-bond donors (Lipinski definition) is 2. The molecule has 1 heterocycles.